The highest BCUT2D eigenvalue weighted by Crippen LogP contribution is 2.33. The lowest BCUT2D eigenvalue weighted by Gasteiger charge is -2.19. The molecule has 1 heterocycles. The monoisotopic (exact) mass is 288 g/mol. The highest BCUT2D eigenvalue weighted by molar-refractivity contribution is 5.73. The van der Waals surface area contributed by atoms with Gasteiger partial charge in [-0.1, -0.05) is 6.07 Å². The van der Waals surface area contributed by atoms with Gasteiger partial charge in [-0.2, -0.15) is 0 Å². The molecule has 0 saturated heterocycles. The number of anilines is 2. The minimum Gasteiger partial charge on any atom is -0.489 e. The first kappa shape index (κ1) is 15.3. The van der Waals surface area contributed by atoms with Gasteiger partial charge in [0.1, 0.15) is 17.3 Å². The lowest BCUT2D eigenvalue weighted by Crippen LogP contribution is -2.11. The van der Waals surface area contributed by atoms with Gasteiger partial charge in [0.15, 0.2) is 0 Å². The van der Waals surface area contributed by atoms with Crippen molar-refractivity contribution in [3.63, 3.8) is 0 Å². The molecule has 0 radical (unpaired) electrons. The molecule has 0 fully saturated rings. The Kier molecular flexibility index (Phi) is 4.46. The molecule has 2 aromatic rings. The molecule has 0 aliphatic heterocycles. The van der Waals surface area contributed by atoms with Gasteiger partial charge in [0.05, 0.1) is 23.5 Å². The van der Waals surface area contributed by atoms with Gasteiger partial charge in [-0.15, -0.1) is 0 Å². The van der Waals surface area contributed by atoms with Crippen LogP contribution in [0.3, 0.4) is 0 Å². The maximum Gasteiger partial charge on any atom is 0.144 e. The van der Waals surface area contributed by atoms with E-state index in [2.05, 4.69) is 18.3 Å². The van der Waals surface area contributed by atoms with Gasteiger partial charge in [-0.05, 0) is 52.8 Å². The highest BCUT2D eigenvalue weighted by atomic mass is 16.5. The number of furan rings is 1. The molecule has 1 aromatic heterocycles. The molecule has 0 aliphatic rings. The second-order valence-corrected chi connectivity index (χ2v) is 5.62. The van der Waals surface area contributed by atoms with E-state index in [9.17, 15) is 0 Å². The molecule has 3 N–H and O–H groups in total. The Morgan fingerprint density at radius 3 is 2.48 bits per heavy atom. The standard InChI is InChI=1S/C17H24N2O2/c1-10(2)20-16-8-6-7-15(17(16)18)19-12(4)14-9-11(3)21-13(14)5/h6-10,12,19H,18H2,1-5H3. The average molecular weight is 288 g/mol. The van der Waals surface area contributed by atoms with Crippen LogP contribution in [0.2, 0.25) is 0 Å². The van der Waals surface area contributed by atoms with Gasteiger partial charge in [-0.3, -0.25) is 0 Å². The fraction of sp³-hybridized carbons (Fsp3) is 0.412. The summed E-state index contributed by atoms with van der Waals surface area (Å²) in [5, 5.41) is 3.43. The third-order valence-corrected chi connectivity index (χ3v) is 3.35. The lowest BCUT2D eigenvalue weighted by molar-refractivity contribution is 0.244. The summed E-state index contributed by atoms with van der Waals surface area (Å²) in [5.41, 5.74) is 8.84. The zero-order valence-corrected chi connectivity index (χ0v) is 13.4. The van der Waals surface area contributed by atoms with Crippen LogP contribution in [0.5, 0.6) is 5.75 Å². The van der Waals surface area contributed by atoms with Gasteiger partial charge < -0.3 is 20.2 Å². The molecule has 2 rings (SSSR count). The topological polar surface area (TPSA) is 60.4 Å². The molecule has 1 atom stereocenters. The Balaban J connectivity index is 2.21. The molecular formula is C17H24N2O2. The predicted molar refractivity (Wildman–Crippen MR) is 86.8 cm³/mol. The van der Waals surface area contributed by atoms with Gasteiger partial charge in [-0.25, -0.2) is 0 Å². The van der Waals surface area contributed by atoms with Crippen LogP contribution in [0.4, 0.5) is 11.4 Å². The molecule has 1 aromatic carbocycles. The summed E-state index contributed by atoms with van der Waals surface area (Å²) in [4.78, 5) is 0. The van der Waals surface area contributed by atoms with E-state index in [1.165, 1.54) is 0 Å². The number of para-hydroxylation sites is 1. The normalized spacial score (nSPS) is 12.5. The molecule has 4 heteroatoms. The molecular weight excluding hydrogens is 264 g/mol. The molecule has 0 amide bonds. The Morgan fingerprint density at radius 2 is 1.90 bits per heavy atom. The summed E-state index contributed by atoms with van der Waals surface area (Å²) in [5.74, 6) is 2.56. The maximum absolute atomic E-state index is 6.19. The Labute approximate surface area is 126 Å². The fourth-order valence-electron chi connectivity index (χ4n) is 2.42. The maximum atomic E-state index is 6.19. The van der Waals surface area contributed by atoms with Crippen LogP contribution >= 0.6 is 0 Å². The third kappa shape index (κ3) is 3.51. The summed E-state index contributed by atoms with van der Waals surface area (Å²) < 4.78 is 11.3. The van der Waals surface area contributed by atoms with Crippen LogP contribution in [0.15, 0.2) is 28.7 Å². The number of hydrogen-bond donors (Lipinski definition) is 2. The number of hydrogen-bond acceptors (Lipinski definition) is 4. The van der Waals surface area contributed by atoms with Crippen molar-refractivity contribution in [3.8, 4) is 5.75 Å². The van der Waals surface area contributed by atoms with Gasteiger partial charge in [0, 0.05) is 5.56 Å². The minimum absolute atomic E-state index is 0.0961. The van der Waals surface area contributed by atoms with E-state index in [0.717, 1.165) is 22.8 Å². The van der Waals surface area contributed by atoms with Crippen molar-refractivity contribution in [2.45, 2.75) is 46.8 Å². The zero-order valence-electron chi connectivity index (χ0n) is 13.4. The van der Waals surface area contributed by atoms with Crippen molar-refractivity contribution in [2.24, 2.45) is 0 Å². The number of nitrogen functional groups attached to an aromatic ring is 1. The van der Waals surface area contributed by atoms with Crippen molar-refractivity contribution in [3.05, 3.63) is 41.3 Å². The molecule has 0 saturated carbocycles. The first-order chi connectivity index (χ1) is 9.88. The lowest BCUT2D eigenvalue weighted by atomic mass is 10.1. The number of ether oxygens (including phenoxy) is 1. The number of nitrogens with one attached hydrogen (secondary N) is 1. The van der Waals surface area contributed by atoms with Crippen molar-refractivity contribution in [1.29, 1.82) is 0 Å². The van der Waals surface area contributed by atoms with Crippen molar-refractivity contribution < 1.29 is 9.15 Å². The number of benzene rings is 1. The molecule has 0 spiro atoms. The van der Waals surface area contributed by atoms with E-state index in [4.69, 9.17) is 14.9 Å². The first-order valence-corrected chi connectivity index (χ1v) is 7.27. The molecule has 4 nitrogen and oxygen atoms in total. The van der Waals surface area contributed by atoms with E-state index >= 15 is 0 Å². The van der Waals surface area contributed by atoms with Crippen molar-refractivity contribution in [2.75, 3.05) is 11.1 Å². The molecule has 1 unspecified atom stereocenters. The van der Waals surface area contributed by atoms with Crippen molar-refractivity contribution in [1.82, 2.24) is 0 Å². The van der Waals surface area contributed by atoms with Crippen molar-refractivity contribution >= 4 is 11.4 Å². The van der Waals surface area contributed by atoms with E-state index in [1.807, 2.05) is 45.9 Å². The van der Waals surface area contributed by atoms with Gasteiger partial charge >= 0.3 is 0 Å². The first-order valence-electron chi connectivity index (χ1n) is 7.27. The molecule has 114 valence electrons. The van der Waals surface area contributed by atoms with E-state index in [-0.39, 0.29) is 12.1 Å². The summed E-state index contributed by atoms with van der Waals surface area (Å²) in [6.45, 7) is 9.99. The largest absolute Gasteiger partial charge is 0.489 e. The fourth-order valence-corrected chi connectivity index (χ4v) is 2.42. The predicted octanol–water partition coefficient (Wildman–Crippen LogP) is 4.44. The second-order valence-electron chi connectivity index (χ2n) is 5.62. The quantitative estimate of drug-likeness (QED) is 0.798. The Morgan fingerprint density at radius 1 is 1.19 bits per heavy atom. The summed E-state index contributed by atoms with van der Waals surface area (Å²) in [6, 6.07) is 7.95. The van der Waals surface area contributed by atoms with Crippen LogP contribution in [0.1, 0.15) is 43.9 Å². The van der Waals surface area contributed by atoms with Crippen LogP contribution in [0.25, 0.3) is 0 Å². The SMILES string of the molecule is Cc1cc(C(C)Nc2cccc(OC(C)C)c2N)c(C)o1. The summed E-state index contributed by atoms with van der Waals surface area (Å²) >= 11 is 0. The Bertz CT molecular complexity index is 617. The second kappa shape index (κ2) is 6.12. The number of rotatable bonds is 5. The number of aryl methyl sites for hydroxylation is 2. The smallest absolute Gasteiger partial charge is 0.144 e. The Hall–Kier alpha value is -2.10. The van der Waals surface area contributed by atoms with Crippen LogP contribution < -0.4 is 15.8 Å². The van der Waals surface area contributed by atoms with E-state index in [0.29, 0.717) is 11.4 Å². The summed E-state index contributed by atoms with van der Waals surface area (Å²) in [6.07, 6.45) is 0.0961. The average Bonchev–Trinajstić information content (AvgIpc) is 2.73. The van der Waals surface area contributed by atoms with Gasteiger partial charge in [0.25, 0.3) is 0 Å². The highest BCUT2D eigenvalue weighted by Gasteiger charge is 2.15. The van der Waals surface area contributed by atoms with Crippen LogP contribution in [-0.4, -0.2) is 6.10 Å². The molecule has 0 bridgehead atoms. The molecule has 21 heavy (non-hydrogen) atoms. The summed E-state index contributed by atoms with van der Waals surface area (Å²) in [7, 11) is 0. The zero-order chi connectivity index (χ0) is 15.6. The molecule has 0 aliphatic carbocycles. The van der Waals surface area contributed by atoms with Gasteiger partial charge in [0.2, 0.25) is 0 Å². The van der Waals surface area contributed by atoms with E-state index in [1.54, 1.807) is 0 Å². The third-order valence-electron chi connectivity index (χ3n) is 3.35. The van der Waals surface area contributed by atoms with E-state index < -0.39 is 0 Å². The number of nitrogens with two attached hydrogens (primary N) is 1. The van der Waals surface area contributed by atoms with Crippen LogP contribution in [-0.2, 0) is 0 Å². The minimum atomic E-state index is 0.0961. The van der Waals surface area contributed by atoms with Crippen LogP contribution in [0, 0.1) is 13.8 Å².